The molecule has 1 nitrogen and oxygen atoms in total. The quantitative estimate of drug-likeness (QED) is 0.873. The van der Waals surface area contributed by atoms with Crippen LogP contribution in [0.15, 0.2) is 40.9 Å². The summed E-state index contributed by atoms with van der Waals surface area (Å²) in [5, 5.41) is 10.3. The number of hydrogen-bond acceptors (Lipinski definition) is 1. The molecule has 19 heavy (non-hydrogen) atoms. The third-order valence-electron chi connectivity index (χ3n) is 3.58. The Hall–Kier alpha value is -1.12. The van der Waals surface area contributed by atoms with Gasteiger partial charge in [0, 0.05) is 10.9 Å². The number of rotatable bonds is 3. The van der Waals surface area contributed by atoms with Crippen LogP contribution in [0, 0.1) is 20.8 Å². The lowest BCUT2D eigenvalue weighted by atomic mass is 9.98. The number of aliphatic hydroxyl groups is 1. The van der Waals surface area contributed by atoms with E-state index in [1.807, 2.05) is 25.1 Å². The molecular weight excluding hydrogens is 300 g/mol. The van der Waals surface area contributed by atoms with Gasteiger partial charge in [0.2, 0.25) is 0 Å². The molecule has 100 valence electrons. The minimum absolute atomic E-state index is 0.459. The van der Waals surface area contributed by atoms with Crippen molar-refractivity contribution < 1.29 is 5.11 Å². The molecule has 0 spiro atoms. The second kappa shape index (κ2) is 5.89. The first-order chi connectivity index (χ1) is 8.97. The highest BCUT2D eigenvalue weighted by Gasteiger charge is 2.10. The van der Waals surface area contributed by atoms with Gasteiger partial charge in [-0.2, -0.15) is 0 Å². The average molecular weight is 319 g/mol. The van der Waals surface area contributed by atoms with E-state index in [1.165, 1.54) is 22.3 Å². The van der Waals surface area contributed by atoms with Crippen LogP contribution in [0.25, 0.3) is 0 Å². The second-order valence-corrected chi connectivity index (χ2v) is 6.00. The summed E-state index contributed by atoms with van der Waals surface area (Å²) in [6.07, 6.45) is 0.190. The van der Waals surface area contributed by atoms with Crippen LogP contribution in [0.2, 0.25) is 0 Å². The first kappa shape index (κ1) is 14.3. The fourth-order valence-corrected chi connectivity index (χ4v) is 2.48. The summed E-state index contributed by atoms with van der Waals surface area (Å²) in [4.78, 5) is 0. The van der Waals surface area contributed by atoms with Crippen LogP contribution < -0.4 is 0 Å². The topological polar surface area (TPSA) is 20.2 Å². The lowest BCUT2D eigenvalue weighted by molar-refractivity contribution is 0.178. The normalized spacial score (nSPS) is 12.5. The molecule has 0 saturated carbocycles. The van der Waals surface area contributed by atoms with Crippen LogP contribution in [0.5, 0.6) is 0 Å². The first-order valence-electron chi connectivity index (χ1n) is 6.47. The SMILES string of the molecule is Cc1ccc(CC(O)c2ccc(C)c(Br)c2)cc1C. The molecule has 1 unspecified atom stereocenters. The van der Waals surface area contributed by atoms with Crippen LogP contribution in [0.1, 0.15) is 33.9 Å². The van der Waals surface area contributed by atoms with Crippen LogP contribution in [0.4, 0.5) is 0 Å². The molecule has 0 amide bonds. The smallest absolute Gasteiger partial charge is 0.0830 e. The third-order valence-corrected chi connectivity index (χ3v) is 4.44. The van der Waals surface area contributed by atoms with Crippen LogP contribution in [-0.4, -0.2) is 5.11 Å². The van der Waals surface area contributed by atoms with Gasteiger partial charge >= 0.3 is 0 Å². The maximum absolute atomic E-state index is 10.3. The zero-order valence-corrected chi connectivity index (χ0v) is 13.2. The van der Waals surface area contributed by atoms with E-state index in [-0.39, 0.29) is 0 Å². The summed E-state index contributed by atoms with van der Waals surface area (Å²) >= 11 is 3.51. The molecule has 0 aromatic heterocycles. The van der Waals surface area contributed by atoms with Gasteiger partial charge in [-0.15, -0.1) is 0 Å². The first-order valence-corrected chi connectivity index (χ1v) is 7.27. The van der Waals surface area contributed by atoms with Gasteiger partial charge in [-0.05, 0) is 54.7 Å². The van der Waals surface area contributed by atoms with Gasteiger partial charge in [0.1, 0.15) is 0 Å². The van der Waals surface area contributed by atoms with Crippen molar-refractivity contribution in [1.29, 1.82) is 0 Å². The third kappa shape index (κ3) is 3.46. The predicted molar refractivity (Wildman–Crippen MR) is 83.5 cm³/mol. The zero-order chi connectivity index (χ0) is 14.0. The summed E-state index contributed by atoms with van der Waals surface area (Å²) in [6, 6.07) is 12.4. The molecule has 1 atom stereocenters. The van der Waals surface area contributed by atoms with Crippen molar-refractivity contribution in [2.75, 3.05) is 0 Å². The van der Waals surface area contributed by atoms with Crippen LogP contribution >= 0.6 is 15.9 Å². The van der Waals surface area contributed by atoms with Crippen molar-refractivity contribution in [3.8, 4) is 0 Å². The molecule has 2 aromatic rings. The minimum atomic E-state index is -0.459. The number of hydrogen-bond donors (Lipinski definition) is 1. The molecule has 2 heteroatoms. The Morgan fingerprint density at radius 3 is 2.26 bits per heavy atom. The van der Waals surface area contributed by atoms with Gasteiger partial charge in [-0.3, -0.25) is 0 Å². The van der Waals surface area contributed by atoms with Crippen LogP contribution in [0.3, 0.4) is 0 Å². The molecule has 2 rings (SSSR count). The lowest BCUT2D eigenvalue weighted by Crippen LogP contribution is -2.02. The van der Waals surface area contributed by atoms with Crippen molar-refractivity contribution in [3.05, 3.63) is 68.7 Å². The number of halogens is 1. The summed E-state index contributed by atoms with van der Waals surface area (Å²) in [6.45, 7) is 6.25. The van der Waals surface area contributed by atoms with E-state index < -0.39 is 6.10 Å². The molecule has 0 aliphatic heterocycles. The molecule has 0 heterocycles. The molecule has 2 aromatic carbocycles. The van der Waals surface area contributed by atoms with E-state index >= 15 is 0 Å². The number of benzene rings is 2. The maximum atomic E-state index is 10.3. The van der Waals surface area contributed by atoms with Crippen molar-refractivity contribution in [2.24, 2.45) is 0 Å². The van der Waals surface area contributed by atoms with E-state index in [0.717, 1.165) is 10.0 Å². The summed E-state index contributed by atoms with van der Waals surface area (Å²) in [5.41, 5.74) is 5.87. The molecule has 1 N–H and O–H groups in total. The Labute approximate surface area is 123 Å². The highest BCUT2D eigenvalue weighted by Crippen LogP contribution is 2.24. The monoisotopic (exact) mass is 318 g/mol. The van der Waals surface area contributed by atoms with Crippen molar-refractivity contribution in [1.82, 2.24) is 0 Å². The Balaban J connectivity index is 2.17. The van der Waals surface area contributed by atoms with Gasteiger partial charge in [0.25, 0.3) is 0 Å². The highest BCUT2D eigenvalue weighted by molar-refractivity contribution is 9.10. The van der Waals surface area contributed by atoms with Gasteiger partial charge in [0.05, 0.1) is 6.10 Å². The molecule has 0 saturated heterocycles. The standard InChI is InChI=1S/C17H19BrO/c1-11-4-6-14(8-13(11)3)9-17(19)15-7-5-12(2)16(18)10-15/h4-8,10,17,19H,9H2,1-3H3. The fourth-order valence-electron chi connectivity index (χ4n) is 2.09. The molecule has 0 bridgehead atoms. The van der Waals surface area contributed by atoms with Gasteiger partial charge in [-0.1, -0.05) is 46.3 Å². The average Bonchev–Trinajstić information content (AvgIpc) is 2.37. The minimum Gasteiger partial charge on any atom is -0.388 e. The highest BCUT2D eigenvalue weighted by atomic mass is 79.9. The predicted octanol–water partition coefficient (Wildman–Crippen LogP) is 4.65. The molecule has 0 aliphatic carbocycles. The molecule has 0 radical (unpaired) electrons. The van der Waals surface area contributed by atoms with E-state index in [1.54, 1.807) is 0 Å². The van der Waals surface area contributed by atoms with Gasteiger partial charge < -0.3 is 5.11 Å². The van der Waals surface area contributed by atoms with Crippen molar-refractivity contribution in [3.63, 3.8) is 0 Å². The maximum Gasteiger partial charge on any atom is 0.0830 e. The Kier molecular flexibility index (Phi) is 4.43. The molecule has 0 fully saturated rings. The van der Waals surface area contributed by atoms with Gasteiger partial charge in [-0.25, -0.2) is 0 Å². The summed E-state index contributed by atoms with van der Waals surface area (Å²) < 4.78 is 1.05. The lowest BCUT2D eigenvalue weighted by Gasteiger charge is -2.13. The van der Waals surface area contributed by atoms with Crippen LogP contribution in [-0.2, 0) is 6.42 Å². The Morgan fingerprint density at radius 1 is 0.947 bits per heavy atom. The summed E-state index contributed by atoms with van der Waals surface area (Å²) in [7, 11) is 0. The van der Waals surface area contributed by atoms with E-state index in [2.05, 4.69) is 48.0 Å². The summed E-state index contributed by atoms with van der Waals surface area (Å²) in [5.74, 6) is 0. The second-order valence-electron chi connectivity index (χ2n) is 5.15. The van der Waals surface area contributed by atoms with E-state index in [0.29, 0.717) is 6.42 Å². The Morgan fingerprint density at radius 2 is 1.63 bits per heavy atom. The van der Waals surface area contributed by atoms with Crippen molar-refractivity contribution >= 4 is 15.9 Å². The van der Waals surface area contributed by atoms with E-state index in [9.17, 15) is 5.11 Å². The van der Waals surface area contributed by atoms with E-state index in [4.69, 9.17) is 0 Å². The zero-order valence-electron chi connectivity index (χ0n) is 11.6. The van der Waals surface area contributed by atoms with Gasteiger partial charge in [0.15, 0.2) is 0 Å². The van der Waals surface area contributed by atoms with Crippen molar-refractivity contribution in [2.45, 2.75) is 33.3 Å². The fraction of sp³-hybridized carbons (Fsp3) is 0.294. The largest absolute Gasteiger partial charge is 0.388 e. The number of aryl methyl sites for hydroxylation is 3. The molecular formula is C17H19BrO. The number of aliphatic hydroxyl groups excluding tert-OH is 1. The Bertz CT molecular complexity index is 590. The molecule has 0 aliphatic rings.